The first kappa shape index (κ1) is 17.4. The fraction of sp³-hybridized carbons (Fsp3) is 0.364. The molecular weight excluding hydrogens is 312 g/mol. The van der Waals surface area contributed by atoms with Crippen LogP contribution in [-0.4, -0.2) is 18.4 Å². The van der Waals surface area contributed by atoms with Gasteiger partial charge in [0.25, 0.3) is 0 Å². The maximum atomic E-state index is 13.1. The molecule has 0 amide bonds. The van der Waals surface area contributed by atoms with Crippen LogP contribution in [0.25, 0.3) is 0 Å². The van der Waals surface area contributed by atoms with E-state index in [1.807, 2.05) is 60.7 Å². The van der Waals surface area contributed by atoms with Gasteiger partial charge in [-0.3, -0.25) is 9.59 Å². The van der Waals surface area contributed by atoms with Gasteiger partial charge in [-0.05, 0) is 30.9 Å². The lowest BCUT2D eigenvalue weighted by molar-refractivity contribution is -0.163. The Morgan fingerprint density at radius 3 is 2.04 bits per heavy atom. The van der Waals surface area contributed by atoms with E-state index in [9.17, 15) is 9.59 Å². The summed E-state index contributed by atoms with van der Waals surface area (Å²) in [6, 6.07) is 19.7. The highest BCUT2D eigenvalue weighted by atomic mass is 16.5. The third-order valence-electron chi connectivity index (χ3n) is 5.12. The molecule has 0 bridgehead atoms. The molecule has 0 radical (unpaired) electrons. The highest BCUT2D eigenvalue weighted by Gasteiger charge is 2.54. The molecule has 1 aliphatic carbocycles. The second kappa shape index (κ2) is 7.64. The summed E-state index contributed by atoms with van der Waals surface area (Å²) in [4.78, 5) is 26.2. The van der Waals surface area contributed by atoms with E-state index in [-0.39, 0.29) is 24.3 Å². The Labute approximate surface area is 149 Å². The number of hydrogen-bond acceptors (Lipinski definition) is 3. The molecule has 1 atom stereocenters. The predicted molar refractivity (Wildman–Crippen MR) is 97.3 cm³/mol. The van der Waals surface area contributed by atoms with Crippen LogP contribution < -0.4 is 0 Å². The number of Topliss-reactive ketones (excluding diaryl/α,β-unsaturated/α-hetero) is 1. The fourth-order valence-electron chi connectivity index (χ4n) is 4.00. The van der Waals surface area contributed by atoms with E-state index in [0.717, 1.165) is 24.0 Å². The standard InChI is InChI=1S/C22H24O3/c1-2-25-21(24)22(16-10-9-15-19(22)23)20(17-11-5-3-6-12-17)18-13-7-4-8-14-18/h3-8,11-14,20H,2,9-10,15-16H2,1H3. The van der Waals surface area contributed by atoms with Crippen LogP contribution in [0.1, 0.15) is 49.7 Å². The number of hydrogen-bond donors (Lipinski definition) is 0. The van der Waals surface area contributed by atoms with Crippen molar-refractivity contribution in [3.05, 3.63) is 71.8 Å². The van der Waals surface area contributed by atoms with Crippen LogP contribution >= 0.6 is 0 Å². The first-order valence-electron chi connectivity index (χ1n) is 9.00. The van der Waals surface area contributed by atoms with Crippen LogP contribution in [-0.2, 0) is 14.3 Å². The molecule has 1 aliphatic rings. The summed E-state index contributed by atoms with van der Waals surface area (Å²) in [7, 11) is 0. The Bertz CT molecular complexity index is 684. The molecule has 1 unspecified atom stereocenters. The fourth-order valence-corrected chi connectivity index (χ4v) is 4.00. The van der Waals surface area contributed by atoms with Crippen molar-refractivity contribution in [2.24, 2.45) is 5.41 Å². The monoisotopic (exact) mass is 336 g/mol. The minimum atomic E-state index is -1.13. The van der Waals surface area contributed by atoms with Gasteiger partial charge in [0.05, 0.1) is 6.61 Å². The Kier molecular flexibility index (Phi) is 5.32. The maximum Gasteiger partial charge on any atom is 0.320 e. The van der Waals surface area contributed by atoms with Crippen molar-refractivity contribution in [1.29, 1.82) is 0 Å². The summed E-state index contributed by atoms with van der Waals surface area (Å²) in [6.45, 7) is 2.07. The second-order valence-corrected chi connectivity index (χ2v) is 6.58. The number of benzene rings is 2. The second-order valence-electron chi connectivity index (χ2n) is 6.58. The Hall–Kier alpha value is -2.42. The molecule has 0 aliphatic heterocycles. The average molecular weight is 336 g/mol. The van der Waals surface area contributed by atoms with Gasteiger partial charge in [0, 0.05) is 12.3 Å². The number of rotatable bonds is 5. The van der Waals surface area contributed by atoms with Gasteiger partial charge < -0.3 is 4.74 Å². The van der Waals surface area contributed by atoms with Crippen LogP contribution in [0, 0.1) is 5.41 Å². The summed E-state index contributed by atoms with van der Waals surface area (Å²) in [5.41, 5.74) is 0.839. The lowest BCUT2D eigenvalue weighted by Crippen LogP contribution is -2.48. The van der Waals surface area contributed by atoms with Crippen LogP contribution in [0.2, 0.25) is 0 Å². The molecule has 3 nitrogen and oxygen atoms in total. The van der Waals surface area contributed by atoms with Gasteiger partial charge in [-0.15, -0.1) is 0 Å². The van der Waals surface area contributed by atoms with E-state index in [1.54, 1.807) is 6.92 Å². The molecule has 2 aromatic carbocycles. The third-order valence-corrected chi connectivity index (χ3v) is 5.12. The SMILES string of the molecule is CCOC(=O)C1(C(c2ccccc2)c2ccccc2)CCCCC1=O. The van der Waals surface area contributed by atoms with Crippen LogP contribution in [0.5, 0.6) is 0 Å². The molecule has 25 heavy (non-hydrogen) atoms. The molecule has 3 heteroatoms. The molecule has 1 saturated carbocycles. The smallest absolute Gasteiger partial charge is 0.320 e. The van der Waals surface area contributed by atoms with Crippen molar-refractivity contribution in [1.82, 2.24) is 0 Å². The summed E-state index contributed by atoms with van der Waals surface area (Å²) in [6.07, 6.45) is 2.69. The van der Waals surface area contributed by atoms with Gasteiger partial charge in [0.2, 0.25) is 0 Å². The highest BCUT2D eigenvalue weighted by molar-refractivity contribution is 6.06. The van der Waals surface area contributed by atoms with E-state index >= 15 is 0 Å². The molecule has 2 aromatic rings. The van der Waals surface area contributed by atoms with Crippen molar-refractivity contribution in [3.63, 3.8) is 0 Å². The van der Waals surface area contributed by atoms with Crippen LogP contribution in [0.15, 0.2) is 60.7 Å². The van der Waals surface area contributed by atoms with Crippen molar-refractivity contribution in [2.45, 2.75) is 38.5 Å². The molecule has 1 fully saturated rings. The van der Waals surface area contributed by atoms with Gasteiger partial charge in [-0.2, -0.15) is 0 Å². The normalized spacial score (nSPS) is 20.5. The molecule has 0 saturated heterocycles. The molecule has 130 valence electrons. The lowest BCUT2D eigenvalue weighted by Gasteiger charge is -2.40. The first-order valence-corrected chi connectivity index (χ1v) is 9.00. The van der Waals surface area contributed by atoms with Crippen LogP contribution in [0.3, 0.4) is 0 Å². The average Bonchev–Trinajstić information content (AvgIpc) is 2.65. The predicted octanol–water partition coefficient (Wildman–Crippen LogP) is 4.51. The molecule has 3 rings (SSSR count). The Morgan fingerprint density at radius 1 is 1.00 bits per heavy atom. The minimum Gasteiger partial charge on any atom is -0.465 e. The highest BCUT2D eigenvalue weighted by Crippen LogP contribution is 2.49. The van der Waals surface area contributed by atoms with Crippen molar-refractivity contribution >= 4 is 11.8 Å². The minimum absolute atomic E-state index is 0.00917. The lowest BCUT2D eigenvalue weighted by atomic mass is 9.61. The zero-order chi connectivity index (χ0) is 17.7. The van der Waals surface area contributed by atoms with Gasteiger partial charge >= 0.3 is 5.97 Å². The Morgan fingerprint density at radius 2 is 1.56 bits per heavy atom. The topological polar surface area (TPSA) is 43.4 Å². The van der Waals surface area contributed by atoms with Gasteiger partial charge in [-0.25, -0.2) is 0 Å². The van der Waals surface area contributed by atoms with E-state index in [4.69, 9.17) is 4.74 Å². The van der Waals surface area contributed by atoms with E-state index in [2.05, 4.69) is 0 Å². The molecule has 0 spiro atoms. The maximum absolute atomic E-state index is 13.1. The van der Waals surface area contributed by atoms with E-state index in [0.29, 0.717) is 12.8 Å². The zero-order valence-corrected chi connectivity index (χ0v) is 14.6. The Balaban J connectivity index is 2.20. The molecule has 0 heterocycles. The van der Waals surface area contributed by atoms with E-state index < -0.39 is 5.41 Å². The molecule has 0 N–H and O–H groups in total. The quantitative estimate of drug-likeness (QED) is 0.596. The number of ketones is 1. The number of esters is 1. The first-order chi connectivity index (χ1) is 12.2. The van der Waals surface area contributed by atoms with Crippen LogP contribution in [0.4, 0.5) is 0 Å². The van der Waals surface area contributed by atoms with Gasteiger partial charge in [0.1, 0.15) is 5.41 Å². The largest absolute Gasteiger partial charge is 0.465 e. The summed E-state index contributed by atoms with van der Waals surface area (Å²) >= 11 is 0. The van der Waals surface area contributed by atoms with Gasteiger partial charge in [-0.1, -0.05) is 67.1 Å². The number of ether oxygens (including phenoxy) is 1. The summed E-state index contributed by atoms with van der Waals surface area (Å²) < 4.78 is 5.42. The van der Waals surface area contributed by atoms with Crippen molar-refractivity contribution < 1.29 is 14.3 Å². The van der Waals surface area contributed by atoms with Crippen molar-refractivity contribution in [2.75, 3.05) is 6.61 Å². The summed E-state index contributed by atoms with van der Waals surface area (Å²) in [5.74, 6) is -0.686. The number of carbonyl (C=O) groups excluding carboxylic acids is 2. The molecule has 0 aromatic heterocycles. The third kappa shape index (κ3) is 3.23. The van der Waals surface area contributed by atoms with E-state index in [1.165, 1.54) is 0 Å². The zero-order valence-electron chi connectivity index (χ0n) is 14.6. The number of carbonyl (C=O) groups is 2. The summed E-state index contributed by atoms with van der Waals surface area (Å²) in [5, 5.41) is 0. The molecular formula is C22H24O3. The van der Waals surface area contributed by atoms with Crippen molar-refractivity contribution in [3.8, 4) is 0 Å². The van der Waals surface area contributed by atoms with Gasteiger partial charge in [0.15, 0.2) is 5.78 Å².